The summed E-state index contributed by atoms with van der Waals surface area (Å²) in [5, 5.41) is 0. The molecule has 1 unspecified atom stereocenters. The van der Waals surface area contributed by atoms with Crippen molar-refractivity contribution in [3.63, 3.8) is 0 Å². The summed E-state index contributed by atoms with van der Waals surface area (Å²) in [6, 6.07) is 0. The molecule has 0 fully saturated rings. The highest BCUT2D eigenvalue weighted by Crippen LogP contribution is 2.36. The monoisotopic (exact) mass is 277 g/mol. The Morgan fingerprint density at radius 1 is 1.30 bits per heavy atom. The molecular weight excluding hydrogens is 242 g/mol. The van der Waals surface area contributed by atoms with E-state index < -0.39 is 0 Å². The normalized spacial score (nSPS) is 18.3. The molecule has 0 amide bonds. The van der Waals surface area contributed by atoms with Crippen LogP contribution in [0, 0.1) is 5.92 Å². The highest BCUT2D eigenvalue weighted by molar-refractivity contribution is 5.42. The molecule has 1 aliphatic carbocycles. The van der Waals surface area contributed by atoms with E-state index in [1.807, 2.05) is 26.8 Å². The van der Waals surface area contributed by atoms with Gasteiger partial charge in [-0.15, -0.1) is 0 Å². The summed E-state index contributed by atoms with van der Waals surface area (Å²) >= 11 is 0. The number of allylic oxidation sites excluding steroid dienone is 5. The lowest BCUT2D eigenvalue weighted by Crippen LogP contribution is -1.97. The largest absolute Gasteiger partial charge is 0.327 e. The Morgan fingerprint density at radius 3 is 2.00 bits per heavy atom. The Kier molecular flexibility index (Phi) is 12.4. The van der Waals surface area contributed by atoms with E-state index in [0.29, 0.717) is 6.54 Å². The van der Waals surface area contributed by atoms with Crippen LogP contribution in [0.4, 0.5) is 0 Å². The zero-order valence-electron chi connectivity index (χ0n) is 14.8. The molecule has 0 aromatic heterocycles. The van der Waals surface area contributed by atoms with E-state index in [0.717, 1.165) is 11.5 Å². The number of hydrogen-bond acceptors (Lipinski definition) is 1. The van der Waals surface area contributed by atoms with Crippen LogP contribution in [0.5, 0.6) is 0 Å². The first-order valence-corrected chi connectivity index (χ1v) is 7.69. The van der Waals surface area contributed by atoms with Gasteiger partial charge in [0, 0.05) is 6.54 Å². The zero-order chi connectivity index (χ0) is 16.3. The lowest BCUT2D eigenvalue weighted by molar-refractivity contribution is 0.669. The van der Waals surface area contributed by atoms with Crippen LogP contribution >= 0.6 is 0 Å². The van der Waals surface area contributed by atoms with Gasteiger partial charge in [-0.05, 0) is 63.2 Å². The summed E-state index contributed by atoms with van der Waals surface area (Å²) in [4.78, 5) is 0. The van der Waals surface area contributed by atoms with Crippen LogP contribution in [0.25, 0.3) is 0 Å². The maximum atomic E-state index is 5.07. The molecule has 1 atom stereocenters. The van der Waals surface area contributed by atoms with Crippen LogP contribution in [-0.4, -0.2) is 6.54 Å². The Morgan fingerprint density at radius 2 is 1.75 bits per heavy atom. The molecule has 0 saturated carbocycles. The van der Waals surface area contributed by atoms with E-state index in [1.165, 1.54) is 24.0 Å². The van der Waals surface area contributed by atoms with E-state index in [2.05, 4.69) is 40.9 Å². The van der Waals surface area contributed by atoms with Crippen LogP contribution in [0.15, 0.2) is 47.1 Å². The molecule has 1 rings (SSSR count). The molecule has 1 aliphatic rings. The first-order chi connectivity index (χ1) is 9.34. The van der Waals surface area contributed by atoms with Crippen molar-refractivity contribution in [1.29, 1.82) is 0 Å². The van der Waals surface area contributed by atoms with Crippen LogP contribution in [0.1, 0.15) is 61.3 Å². The van der Waals surface area contributed by atoms with Gasteiger partial charge in [-0.3, -0.25) is 0 Å². The minimum Gasteiger partial charge on any atom is -0.327 e. The molecule has 116 valence electrons. The van der Waals surface area contributed by atoms with Crippen LogP contribution in [0.2, 0.25) is 0 Å². The third-order valence-electron chi connectivity index (χ3n) is 3.74. The second kappa shape index (κ2) is 11.7. The number of hydrogen-bond donors (Lipinski definition) is 1. The Balaban J connectivity index is 0. The molecular formula is C19H35N. The highest BCUT2D eigenvalue weighted by atomic mass is 14.5. The molecule has 0 heterocycles. The van der Waals surface area contributed by atoms with Gasteiger partial charge in [0.2, 0.25) is 0 Å². The van der Waals surface area contributed by atoms with E-state index in [4.69, 9.17) is 5.73 Å². The van der Waals surface area contributed by atoms with Crippen molar-refractivity contribution in [2.45, 2.75) is 61.3 Å². The Labute approximate surface area is 127 Å². The van der Waals surface area contributed by atoms with Crippen molar-refractivity contribution in [3.8, 4) is 0 Å². The van der Waals surface area contributed by atoms with Gasteiger partial charge in [0.1, 0.15) is 0 Å². The summed E-state index contributed by atoms with van der Waals surface area (Å²) in [6.45, 7) is 22.8. The average Bonchev–Trinajstić information content (AvgIpc) is 2.80. The predicted octanol–water partition coefficient (Wildman–Crippen LogP) is 5.80. The van der Waals surface area contributed by atoms with Gasteiger partial charge in [0.15, 0.2) is 0 Å². The molecule has 0 aromatic carbocycles. The van der Waals surface area contributed by atoms with Gasteiger partial charge in [-0.2, -0.15) is 0 Å². The molecule has 0 bridgehead atoms. The van der Waals surface area contributed by atoms with Crippen molar-refractivity contribution in [1.82, 2.24) is 0 Å². The van der Waals surface area contributed by atoms with E-state index >= 15 is 0 Å². The quantitative estimate of drug-likeness (QED) is 0.512. The summed E-state index contributed by atoms with van der Waals surface area (Å²) in [6.07, 6.45) is 4.53. The summed E-state index contributed by atoms with van der Waals surface area (Å²) in [7, 11) is 0. The molecule has 2 N–H and O–H groups in total. The topological polar surface area (TPSA) is 26.0 Å². The fourth-order valence-electron chi connectivity index (χ4n) is 1.95. The maximum absolute atomic E-state index is 5.07. The molecule has 20 heavy (non-hydrogen) atoms. The predicted molar refractivity (Wildman–Crippen MR) is 94.9 cm³/mol. The van der Waals surface area contributed by atoms with Gasteiger partial charge in [0.05, 0.1) is 0 Å². The maximum Gasteiger partial charge on any atom is 0.0131 e. The third-order valence-corrected chi connectivity index (χ3v) is 3.74. The molecule has 0 radical (unpaired) electrons. The van der Waals surface area contributed by atoms with Gasteiger partial charge in [-0.25, -0.2) is 0 Å². The zero-order valence-corrected chi connectivity index (χ0v) is 14.8. The first-order valence-electron chi connectivity index (χ1n) is 7.69. The van der Waals surface area contributed by atoms with Crippen molar-refractivity contribution in [3.05, 3.63) is 47.1 Å². The van der Waals surface area contributed by atoms with Gasteiger partial charge in [0.25, 0.3) is 0 Å². The SMILES string of the molecule is C=C(C)CN.C=C/C(C)=C(/C)C1=C(C)C(C)CC1.CC. The third kappa shape index (κ3) is 7.49. The molecule has 0 saturated heterocycles. The highest BCUT2D eigenvalue weighted by Gasteiger charge is 2.19. The summed E-state index contributed by atoms with van der Waals surface area (Å²) < 4.78 is 0. The first kappa shape index (κ1) is 21.2. The van der Waals surface area contributed by atoms with Crippen LogP contribution < -0.4 is 5.73 Å². The summed E-state index contributed by atoms with van der Waals surface area (Å²) in [5.74, 6) is 0.780. The van der Waals surface area contributed by atoms with Gasteiger partial charge < -0.3 is 5.73 Å². The fourth-order valence-corrected chi connectivity index (χ4v) is 1.95. The number of rotatable bonds is 3. The fraction of sp³-hybridized carbons (Fsp3) is 0.579. The van der Waals surface area contributed by atoms with Gasteiger partial charge in [-0.1, -0.05) is 51.2 Å². The minimum atomic E-state index is 0.611. The minimum absolute atomic E-state index is 0.611. The Bertz CT molecular complexity index is 369. The smallest absolute Gasteiger partial charge is 0.0131 e. The van der Waals surface area contributed by atoms with Gasteiger partial charge >= 0.3 is 0 Å². The van der Waals surface area contributed by atoms with E-state index in [1.54, 1.807) is 11.1 Å². The lowest BCUT2D eigenvalue weighted by Gasteiger charge is -2.08. The summed E-state index contributed by atoms with van der Waals surface area (Å²) in [5.41, 5.74) is 12.0. The second-order valence-electron chi connectivity index (χ2n) is 5.27. The standard InChI is InChI=1S/C13H20.C4H9N.C2H6/c1-6-9(2)11(4)13-8-7-10(3)12(13)5;1-4(2)3-5;1-2/h6,10H,1,7-8H2,2-5H3;1,3,5H2,2H3;1-2H3/b11-9-;;. The van der Waals surface area contributed by atoms with Crippen LogP contribution in [-0.2, 0) is 0 Å². The molecule has 1 heteroatoms. The van der Waals surface area contributed by atoms with Crippen molar-refractivity contribution >= 4 is 0 Å². The second-order valence-corrected chi connectivity index (χ2v) is 5.27. The van der Waals surface area contributed by atoms with Crippen molar-refractivity contribution in [2.24, 2.45) is 11.7 Å². The van der Waals surface area contributed by atoms with Crippen molar-refractivity contribution in [2.75, 3.05) is 6.54 Å². The van der Waals surface area contributed by atoms with Crippen LogP contribution in [0.3, 0.4) is 0 Å². The average molecular weight is 277 g/mol. The lowest BCUT2D eigenvalue weighted by atomic mass is 9.98. The molecule has 0 aromatic rings. The van der Waals surface area contributed by atoms with E-state index in [9.17, 15) is 0 Å². The molecule has 0 aliphatic heterocycles. The van der Waals surface area contributed by atoms with E-state index in [-0.39, 0.29) is 0 Å². The Hall–Kier alpha value is -1.08. The molecule has 0 spiro atoms. The number of nitrogens with two attached hydrogens (primary N) is 1. The van der Waals surface area contributed by atoms with Crippen molar-refractivity contribution < 1.29 is 0 Å². The molecule has 1 nitrogen and oxygen atoms in total.